The Labute approximate surface area is 125 Å². The number of fused-ring (bicyclic) bond motifs is 1. The molecule has 0 aromatic heterocycles. The van der Waals surface area contributed by atoms with Crippen molar-refractivity contribution in [3.63, 3.8) is 0 Å². The molecule has 3 N–H and O–H groups in total. The van der Waals surface area contributed by atoms with Gasteiger partial charge in [0.15, 0.2) is 0 Å². The zero-order valence-corrected chi connectivity index (χ0v) is 13.1. The Morgan fingerprint density at radius 1 is 1.52 bits per heavy atom. The molecule has 0 aliphatic carbocycles. The third-order valence-electron chi connectivity index (χ3n) is 3.58. The molecule has 0 bridgehead atoms. The topological polar surface area (TPSA) is 73.6 Å². The molecule has 2 rings (SSSR count). The van der Waals surface area contributed by atoms with E-state index < -0.39 is 6.04 Å². The number of rotatable bonds is 5. The maximum atomic E-state index is 12.1. The van der Waals surface area contributed by atoms with Crippen molar-refractivity contribution in [3.8, 4) is 11.5 Å². The fourth-order valence-corrected chi connectivity index (χ4v) is 2.33. The molecule has 0 radical (unpaired) electrons. The standard InChI is InChI=1S/C16H24N2O3/c1-5-20-14-7-11-6-10(4)21-13(11)8-12(14)18-16(19)15(17)9(2)3/h7-10,15H,5-6,17H2,1-4H3,(H,18,19)/t10?,15-/m1/s1. The summed E-state index contributed by atoms with van der Waals surface area (Å²) in [6.07, 6.45) is 1.01. The molecule has 0 spiro atoms. The van der Waals surface area contributed by atoms with Crippen molar-refractivity contribution in [2.24, 2.45) is 11.7 Å². The van der Waals surface area contributed by atoms with E-state index in [1.165, 1.54) is 0 Å². The Morgan fingerprint density at radius 2 is 2.24 bits per heavy atom. The third kappa shape index (κ3) is 3.47. The molecular formula is C16H24N2O3. The van der Waals surface area contributed by atoms with Crippen molar-refractivity contribution in [2.45, 2.75) is 46.3 Å². The maximum Gasteiger partial charge on any atom is 0.241 e. The highest BCUT2D eigenvalue weighted by atomic mass is 16.5. The number of nitrogens with one attached hydrogen (secondary N) is 1. The predicted molar refractivity (Wildman–Crippen MR) is 82.8 cm³/mol. The summed E-state index contributed by atoms with van der Waals surface area (Å²) in [5.41, 5.74) is 7.61. The highest BCUT2D eigenvalue weighted by Gasteiger charge is 2.24. The Bertz CT molecular complexity index is 528. The Morgan fingerprint density at radius 3 is 2.86 bits per heavy atom. The molecule has 1 aliphatic rings. The Hall–Kier alpha value is -1.75. The van der Waals surface area contributed by atoms with Crippen molar-refractivity contribution in [1.29, 1.82) is 0 Å². The van der Waals surface area contributed by atoms with Gasteiger partial charge in [-0.2, -0.15) is 0 Å². The van der Waals surface area contributed by atoms with Gasteiger partial charge in [0.1, 0.15) is 17.6 Å². The van der Waals surface area contributed by atoms with Gasteiger partial charge in [0, 0.05) is 18.1 Å². The quantitative estimate of drug-likeness (QED) is 0.873. The highest BCUT2D eigenvalue weighted by Crippen LogP contribution is 2.38. The van der Waals surface area contributed by atoms with Crippen molar-refractivity contribution in [1.82, 2.24) is 0 Å². The van der Waals surface area contributed by atoms with E-state index in [2.05, 4.69) is 5.32 Å². The minimum atomic E-state index is -0.549. The van der Waals surface area contributed by atoms with E-state index in [0.717, 1.165) is 17.7 Å². The summed E-state index contributed by atoms with van der Waals surface area (Å²) in [7, 11) is 0. The van der Waals surface area contributed by atoms with Crippen LogP contribution in [-0.2, 0) is 11.2 Å². The SMILES string of the molecule is CCOc1cc2c(cc1NC(=O)[C@H](N)C(C)C)OC(C)C2. The van der Waals surface area contributed by atoms with Gasteiger partial charge in [0.25, 0.3) is 0 Å². The zero-order chi connectivity index (χ0) is 15.6. The lowest BCUT2D eigenvalue weighted by molar-refractivity contribution is -0.118. The fourth-order valence-electron chi connectivity index (χ4n) is 2.33. The van der Waals surface area contributed by atoms with Crippen molar-refractivity contribution in [2.75, 3.05) is 11.9 Å². The van der Waals surface area contributed by atoms with E-state index in [0.29, 0.717) is 18.0 Å². The number of ether oxygens (including phenoxy) is 2. The van der Waals surface area contributed by atoms with E-state index in [1.807, 2.05) is 39.8 Å². The van der Waals surface area contributed by atoms with Crippen LogP contribution in [0.1, 0.15) is 33.3 Å². The molecule has 1 aromatic carbocycles. The summed E-state index contributed by atoms with van der Waals surface area (Å²) in [5.74, 6) is 1.33. The zero-order valence-electron chi connectivity index (χ0n) is 13.1. The van der Waals surface area contributed by atoms with Crippen LogP contribution in [0.4, 0.5) is 5.69 Å². The summed E-state index contributed by atoms with van der Waals surface area (Å²) in [6, 6.07) is 3.22. The summed E-state index contributed by atoms with van der Waals surface area (Å²) in [4.78, 5) is 12.1. The van der Waals surface area contributed by atoms with Gasteiger partial charge in [-0.05, 0) is 25.8 Å². The molecule has 1 heterocycles. The first-order valence-electron chi connectivity index (χ1n) is 7.45. The first kappa shape index (κ1) is 15.6. The Kier molecular flexibility index (Phi) is 4.73. The molecule has 21 heavy (non-hydrogen) atoms. The molecule has 5 heteroatoms. The second-order valence-electron chi connectivity index (χ2n) is 5.78. The monoisotopic (exact) mass is 292 g/mol. The van der Waals surface area contributed by atoms with Crippen LogP contribution in [0.3, 0.4) is 0 Å². The van der Waals surface area contributed by atoms with E-state index in [-0.39, 0.29) is 17.9 Å². The van der Waals surface area contributed by atoms with Crippen molar-refractivity contribution in [3.05, 3.63) is 17.7 Å². The van der Waals surface area contributed by atoms with Crippen LogP contribution in [0.15, 0.2) is 12.1 Å². The molecule has 1 aromatic rings. The first-order valence-corrected chi connectivity index (χ1v) is 7.45. The Balaban J connectivity index is 2.25. The summed E-state index contributed by atoms with van der Waals surface area (Å²) in [6.45, 7) is 8.31. The van der Waals surface area contributed by atoms with Gasteiger partial charge in [-0.25, -0.2) is 0 Å². The molecule has 0 saturated heterocycles. The van der Waals surface area contributed by atoms with Crippen molar-refractivity contribution < 1.29 is 14.3 Å². The average Bonchev–Trinajstić information content (AvgIpc) is 2.77. The first-order chi connectivity index (χ1) is 9.92. The number of carbonyl (C=O) groups excluding carboxylic acids is 1. The molecule has 116 valence electrons. The average molecular weight is 292 g/mol. The molecule has 1 aliphatic heterocycles. The van der Waals surface area contributed by atoms with Gasteiger partial charge in [-0.3, -0.25) is 4.79 Å². The number of carbonyl (C=O) groups is 1. The summed E-state index contributed by atoms with van der Waals surface area (Å²) < 4.78 is 11.4. The molecular weight excluding hydrogens is 268 g/mol. The number of hydrogen-bond acceptors (Lipinski definition) is 4. The van der Waals surface area contributed by atoms with E-state index >= 15 is 0 Å². The van der Waals surface area contributed by atoms with E-state index in [1.54, 1.807) is 0 Å². The molecule has 1 unspecified atom stereocenters. The van der Waals surface area contributed by atoms with Crippen molar-refractivity contribution >= 4 is 11.6 Å². The van der Waals surface area contributed by atoms with Gasteiger partial charge in [0.05, 0.1) is 18.3 Å². The van der Waals surface area contributed by atoms with Gasteiger partial charge in [-0.15, -0.1) is 0 Å². The lowest BCUT2D eigenvalue weighted by Gasteiger charge is -2.18. The maximum absolute atomic E-state index is 12.1. The summed E-state index contributed by atoms with van der Waals surface area (Å²) >= 11 is 0. The summed E-state index contributed by atoms with van der Waals surface area (Å²) in [5, 5.41) is 2.85. The number of benzene rings is 1. The van der Waals surface area contributed by atoms with Crippen LogP contribution in [0.5, 0.6) is 11.5 Å². The molecule has 0 fully saturated rings. The van der Waals surface area contributed by atoms with Crippen LogP contribution in [-0.4, -0.2) is 24.7 Å². The number of hydrogen-bond donors (Lipinski definition) is 2. The molecule has 1 amide bonds. The minimum absolute atomic E-state index is 0.0752. The molecule has 5 nitrogen and oxygen atoms in total. The normalized spacial score (nSPS) is 18.1. The lowest BCUT2D eigenvalue weighted by atomic mass is 10.0. The lowest BCUT2D eigenvalue weighted by Crippen LogP contribution is -2.39. The second kappa shape index (κ2) is 6.35. The van der Waals surface area contributed by atoms with Gasteiger partial charge in [0.2, 0.25) is 5.91 Å². The smallest absolute Gasteiger partial charge is 0.241 e. The van der Waals surface area contributed by atoms with Gasteiger partial charge < -0.3 is 20.5 Å². The van der Waals surface area contributed by atoms with Crippen LogP contribution in [0.25, 0.3) is 0 Å². The number of nitrogens with two attached hydrogens (primary N) is 1. The van der Waals surface area contributed by atoms with Crippen LogP contribution in [0, 0.1) is 5.92 Å². The predicted octanol–water partition coefficient (Wildman–Crippen LogP) is 2.33. The molecule has 0 saturated carbocycles. The number of anilines is 1. The number of amides is 1. The fraction of sp³-hybridized carbons (Fsp3) is 0.562. The second-order valence-corrected chi connectivity index (χ2v) is 5.78. The van der Waals surface area contributed by atoms with E-state index in [4.69, 9.17) is 15.2 Å². The van der Waals surface area contributed by atoms with Crippen LogP contribution >= 0.6 is 0 Å². The van der Waals surface area contributed by atoms with Gasteiger partial charge >= 0.3 is 0 Å². The minimum Gasteiger partial charge on any atom is -0.492 e. The van der Waals surface area contributed by atoms with Gasteiger partial charge in [-0.1, -0.05) is 13.8 Å². The largest absolute Gasteiger partial charge is 0.492 e. The third-order valence-corrected chi connectivity index (χ3v) is 3.58. The molecule has 2 atom stereocenters. The van der Waals surface area contributed by atoms with E-state index in [9.17, 15) is 4.79 Å². The van der Waals surface area contributed by atoms with Crippen LogP contribution < -0.4 is 20.5 Å². The van der Waals surface area contributed by atoms with Crippen LogP contribution in [0.2, 0.25) is 0 Å². The highest BCUT2D eigenvalue weighted by molar-refractivity contribution is 5.96.